The van der Waals surface area contributed by atoms with E-state index in [1.54, 1.807) is 0 Å². The van der Waals surface area contributed by atoms with Crippen LogP contribution in [0, 0.1) is 0 Å². The highest BCUT2D eigenvalue weighted by Gasteiger charge is 2.28. The SMILES string of the molecule is CCCCC/C=C\C/C=C\CCCCCCCCCCCCCCCC(=O)NC(COP(=O)(O)OCC(O)COC(=O)CCCCCC)C(=O)O. The first-order valence-electron chi connectivity index (χ1n) is 19.9. The molecule has 0 radical (unpaired) electrons. The second kappa shape index (κ2) is 35.0. The number of hydrogen-bond acceptors (Lipinski definition) is 8. The number of carbonyl (C=O) groups is 3. The summed E-state index contributed by atoms with van der Waals surface area (Å²) >= 11 is 0. The fourth-order valence-electron chi connectivity index (χ4n) is 5.34. The van der Waals surface area contributed by atoms with Crippen LogP contribution in [-0.4, -0.2) is 64.9 Å². The van der Waals surface area contributed by atoms with Crippen molar-refractivity contribution < 1.29 is 47.8 Å². The van der Waals surface area contributed by atoms with Crippen molar-refractivity contribution in [3.63, 3.8) is 0 Å². The van der Waals surface area contributed by atoms with Gasteiger partial charge in [-0.25, -0.2) is 9.36 Å². The molecule has 0 rings (SSSR count). The molecule has 3 unspecified atom stereocenters. The van der Waals surface area contributed by atoms with E-state index in [2.05, 4.69) is 43.5 Å². The minimum Gasteiger partial charge on any atom is -0.480 e. The first-order valence-corrected chi connectivity index (χ1v) is 21.4. The maximum Gasteiger partial charge on any atom is 0.472 e. The van der Waals surface area contributed by atoms with Gasteiger partial charge in [-0.15, -0.1) is 0 Å². The van der Waals surface area contributed by atoms with Gasteiger partial charge in [0, 0.05) is 12.8 Å². The number of esters is 1. The van der Waals surface area contributed by atoms with Gasteiger partial charge in [0.05, 0.1) is 13.2 Å². The molecule has 298 valence electrons. The number of nitrogens with one attached hydrogen (secondary N) is 1. The number of allylic oxidation sites excluding steroid dienone is 4. The van der Waals surface area contributed by atoms with E-state index in [1.807, 2.05) is 0 Å². The molecule has 0 aliphatic rings. The molecule has 3 atom stereocenters. The number of aliphatic hydroxyl groups is 1. The van der Waals surface area contributed by atoms with Crippen LogP contribution in [0.4, 0.5) is 0 Å². The van der Waals surface area contributed by atoms with Crippen molar-refractivity contribution in [2.75, 3.05) is 19.8 Å². The zero-order valence-corrected chi connectivity index (χ0v) is 32.8. The van der Waals surface area contributed by atoms with Crippen molar-refractivity contribution in [3.05, 3.63) is 24.3 Å². The average Bonchev–Trinajstić information content (AvgIpc) is 3.10. The largest absolute Gasteiger partial charge is 0.480 e. The first-order chi connectivity index (χ1) is 24.6. The third-order valence-electron chi connectivity index (χ3n) is 8.49. The number of amides is 1. The van der Waals surface area contributed by atoms with Gasteiger partial charge in [-0.1, -0.05) is 141 Å². The molecule has 0 aromatic heterocycles. The van der Waals surface area contributed by atoms with E-state index in [0.29, 0.717) is 12.8 Å². The number of phosphoric acid groups is 1. The topological polar surface area (TPSA) is 169 Å². The molecule has 0 saturated heterocycles. The molecule has 0 bridgehead atoms. The quantitative estimate of drug-likeness (QED) is 0.0208. The van der Waals surface area contributed by atoms with Crippen LogP contribution >= 0.6 is 7.82 Å². The lowest BCUT2D eigenvalue weighted by Crippen LogP contribution is -2.43. The van der Waals surface area contributed by atoms with Gasteiger partial charge in [-0.2, -0.15) is 0 Å². The minimum atomic E-state index is -4.74. The van der Waals surface area contributed by atoms with E-state index in [0.717, 1.165) is 44.9 Å². The second-order valence-corrected chi connectivity index (χ2v) is 14.9. The maximum atomic E-state index is 12.3. The van der Waals surface area contributed by atoms with E-state index in [1.165, 1.54) is 89.9 Å². The molecular weight excluding hydrogens is 673 g/mol. The van der Waals surface area contributed by atoms with Crippen LogP contribution in [0.1, 0.15) is 174 Å². The highest BCUT2D eigenvalue weighted by Crippen LogP contribution is 2.43. The predicted molar refractivity (Wildman–Crippen MR) is 203 cm³/mol. The van der Waals surface area contributed by atoms with Gasteiger partial charge in [-0.05, 0) is 44.9 Å². The summed E-state index contributed by atoms with van der Waals surface area (Å²) in [6.07, 6.45) is 34.3. The Hall–Kier alpha value is -2.04. The highest BCUT2D eigenvalue weighted by atomic mass is 31.2. The van der Waals surface area contributed by atoms with Gasteiger partial charge in [-0.3, -0.25) is 18.6 Å². The summed E-state index contributed by atoms with van der Waals surface area (Å²) in [5.74, 6) is -2.39. The number of rotatable bonds is 37. The molecule has 0 heterocycles. The Balaban J connectivity index is 3.81. The summed E-state index contributed by atoms with van der Waals surface area (Å²) in [6.45, 7) is 2.41. The van der Waals surface area contributed by atoms with Crippen molar-refractivity contribution >= 4 is 25.7 Å². The van der Waals surface area contributed by atoms with E-state index < -0.39 is 57.6 Å². The van der Waals surface area contributed by atoms with Crippen LogP contribution in [-0.2, 0) is 32.7 Å². The number of hydrogen-bond donors (Lipinski definition) is 4. The van der Waals surface area contributed by atoms with Crippen LogP contribution in [0.5, 0.6) is 0 Å². The van der Waals surface area contributed by atoms with Crippen LogP contribution in [0.15, 0.2) is 24.3 Å². The predicted octanol–water partition coefficient (Wildman–Crippen LogP) is 9.50. The summed E-state index contributed by atoms with van der Waals surface area (Å²) < 4.78 is 26.5. The standard InChI is InChI=1S/C39H72NO10P/c1-3-5-7-9-10-11-12-13-14-15-16-17-18-19-20-21-22-23-24-25-26-27-28-30-37(42)40-36(39(44)45)34-50-51(46,47)49-33-35(41)32-48-38(43)31-29-8-6-4-2/h10-11,13-14,35-36,41H,3-9,12,15-34H2,1-2H3,(H,40,42)(H,44,45)(H,46,47)/b11-10-,14-13-. The summed E-state index contributed by atoms with van der Waals surface area (Å²) in [5, 5.41) is 21.6. The van der Waals surface area contributed by atoms with Crippen molar-refractivity contribution in [1.82, 2.24) is 5.32 Å². The second-order valence-electron chi connectivity index (χ2n) is 13.5. The lowest BCUT2D eigenvalue weighted by Gasteiger charge is -2.18. The Labute approximate surface area is 309 Å². The van der Waals surface area contributed by atoms with Crippen LogP contribution in [0.3, 0.4) is 0 Å². The van der Waals surface area contributed by atoms with Crippen LogP contribution in [0.2, 0.25) is 0 Å². The Morgan fingerprint density at radius 2 is 1.08 bits per heavy atom. The number of carboxylic acid groups (broad SMARTS) is 1. The summed E-state index contributed by atoms with van der Waals surface area (Å²) in [5.41, 5.74) is 0. The van der Waals surface area contributed by atoms with Gasteiger partial charge < -0.3 is 25.2 Å². The molecule has 0 aromatic carbocycles. The van der Waals surface area contributed by atoms with Gasteiger partial charge >= 0.3 is 19.8 Å². The Kier molecular flexibility index (Phi) is 33.6. The van der Waals surface area contributed by atoms with Crippen molar-refractivity contribution in [1.29, 1.82) is 0 Å². The van der Waals surface area contributed by atoms with Gasteiger partial charge in [0.15, 0.2) is 6.04 Å². The smallest absolute Gasteiger partial charge is 0.472 e. The molecule has 51 heavy (non-hydrogen) atoms. The zero-order valence-electron chi connectivity index (χ0n) is 31.9. The van der Waals surface area contributed by atoms with Crippen molar-refractivity contribution in [3.8, 4) is 0 Å². The first kappa shape index (κ1) is 49.0. The van der Waals surface area contributed by atoms with E-state index in [-0.39, 0.29) is 12.8 Å². The van der Waals surface area contributed by atoms with Crippen molar-refractivity contribution in [2.24, 2.45) is 0 Å². The molecule has 0 aliphatic carbocycles. The number of ether oxygens (including phenoxy) is 1. The van der Waals surface area contributed by atoms with E-state index in [9.17, 15) is 34.1 Å². The number of phosphoric ester groups is 1. The van der Waals surface area contributed by atoms with Crippen LogP contribution < -0.4 is 5.32 Å². The summed E-state index contributed by atoms with van der Waals surface area (Å²) in [6, 6.07) is -1.54. The van der Waals surface area contributed by atoms with Gasteiger partial charge in [0.25, 0.3) is 0 Å². The molecule has 1 amide bonds. The molecular formula is C39H72NO10P. The van der Waals surface area contributed by atoms with Gasteiger partial charge in [0.1, 0.15) is 12.7 Å². The monoisotopic (exact) mass is 745 g/mol. The summed E-state index contributed by atoms with van der Waals surface area (Å²) in [4.78, 5) is 45.4. The fraction of sp³-hybridized carbons (Fsp3) is 0.821. The van der Waals surface area contributed by atoms with Gasteiger partial charge in [0.2, 0.25) is 5.91 Å². The normalized spacial score (nSPS) is 14.1. The zero-order chi connectivity index (χ0) is 37.8. The number of aliphatic hydroxyl groups excluding tert-OH is 1. The Morgan fingerprint density at radius 1 is 0.627 bits per heavy atom. The molecule has 11 nitrogen and oxygen atoms in total. The molecule has 0 fully saturated rings. The average molecular weight is 746 g/mol. The summed E-state index contributed by atoms with van der Waals surface area (Å²) in [7, 11) is -4.74. The minimum absolute atomic E-state index is 0.146. The van der Waals surface area contributed by atoms with Crippen molar-refractivity contribution in [2.45, 2.75) is 187 Å². The molecule has 0 spiro atoms. The molecule has 0 saturated carbocycles. The van der Waals surface area contributed by atoms with Crippen LogP contribution in [0.25, 0.3) is 0 Å². The maximum absolute atomic E-state index is 12.3. The molecule has 0 aromatic rings. The number of carboxylic acids is 1. The fourth-order valence-corrected chi connectivity index (χ4v) is 6.12. The number of aliphatic carboxylic acids is 1. The Morgan fingerprint density at radius 3 is 1.63 bits per heavy atom. The molecule has 12 heteroatoms. The lowest BCUT2D eigenvalue weighted by atomic mass is 10.0. The lowest BCUT2D eigenvalue weighted by molar-refractivity contribution is -0.147. The third-order valence-corrected chi connectivity index (χ3v) is 9.44. The third kappa shape index (κ3) is 34.8. The highest BCUT2D eigenvalue weighted by molar-refractivity contribution is 7.47. The molecule has 4 N–H and O–H groups in total. The Bertz CT molecular complexity index is 974. The van der Waals surface area contributed by atoms with E-state index >= 15 is 0 Å². The number of carbonyl (C=O) groups excluding carboxylic acids is 2. The molecule has 0 aliphatic heterocycles. The van der Waals surface area contributed by atoms with E-state index in [4.69, 9.17) is 13.8 Å². The number of unbranched alkanes of at least 4 members (excludes halogenated alkanes) is 19.